The van der Waals surface area contributed by atoms with E-state index in [-0.39, 0.29) is 18.9 Å². The Bertz CT molecular complexity index is 709. The lowest BCUT2D eigenvalue weighted by atomic mass is 10.1. The Morgan fingerprint density at radius 2 is 1.96 bits per heavy atom. The summed E-state index contributed by atoms with van der Waals surface area (Å²) in [5.41, 5.74) is 3.04. The number of aliphatic carboxylic acids is 1. The predicted octanol–water partition coefficient (Wildman–Crippen LogP) is 3.09. The number of nitrogens with zero attached hydrogens (tertiary/aromatic N) is 2. The molecule has 0 spiro atoms. The van der Waals surface area contributed by atoms with Gasteiger partial charge in [-0.05, 0) is 12.0 Å². The van der Waals surface area contributed by atoms with Gasteiger partial charge in [-0.2, -0.15) is 0 Å². The molecule has 0 aliphatic rings. The summed E-state index contributed by atoms with van der Waals surface area (Å²) in [6.07, 6.45) is 1.19. The van der Waals surface area contributed by atoms with E-state index in [2.05, 4.69) is 24.0 Å². The number of carboxylic acid groups (broad SMARTS) is 1. The van der Waals surface area contributed by atoms with Crippen LogP contribution in [0.25, 0.3) is 10.6 Å². The number of rotatable bonds is 7. The molecule has 2 aromatic rings. The minimum absolute atomic E-state index is 0.124. The number of carbonyl (C=O) groups is 2. The molecule has 1 N–H and O–H groups in total. The number of aromatic nitrogens is 1. The van der Waals surface area contributed by atoms with E-state index < -0.39 is 11.9 Å². The fourth-order valence-electron chi connectivity index (χ4n) is 2.28. The maximum Gasteiger partial charge on any atom is 0.308 e. The second-order valence-corrected chi connectivity index (χ2v) is 6.74. The molecular formula is C18H22N2O3S. The molecule has 0 aliphatic carbocycles. The lowest BCUT2D eigenvalue weighted by Crippen LogP contribution is -2.34. The van der Waals surface area contributed by atoms with Crippen molar-refractivity contribution in [2.75, 3.05) is 13.6 Å². The van der Waals surface area contributed by atoms with Crippen LogP contribution in [-0.4, -0.2) is 40.5 Å². The molecule has 0 fully saturated rings. The average molecular weight is 346 g/mol. The zero-order chi connectivity index (χ0) is 17.7. The van der Waals surface area contributed by atoms with Crippen molar-refractivity contribution in [1.82, 2.24) is 9.88 Å². The molecule has 24 heavy (non-hydrogen) atoms. The number of benzene rings is 1. The van der Waals surface area contributed by atoms with Crippen molar-refractivity contribution in [3.05, 3.63) is 40.9 Å². The van der Waals surface area contributed by atoms with E-state index in [0.29, 0.717) is 0 Å². The van der Waals surface area contributed by atoms with Crippen molar-refractivity contribution in [3.63, 3.8) is 0 Å². The van der Waals surface area contributed by atoms with Crippen molar-refractivity contribution in [2.24, 2.45) is 5.92 Å². The van der Waals surface area contributed by atoms with Gasteiger partial charge in [0.15, 0.2) is 0 Å². The number of carboxylic acids is 1. The Morgan fingerprint density at radius 3 is 2.54 bits per heavy atom. The third-order valence-electron chi connectivity index (χ3n) is 3.89. The van der Waals surface area contributed by atoms with Crippen LogP contribution in [0.1, 0.15) is 25.1 Å². The Kier molecular flexibility index (Phi) is 6.09. The number of likely N-dealkylation sites (N-methyl/N-ethyl adjacent to an activating group) is 1. The fourth-order valence-corrected chi connectivity index (χ4v) is 3.11. The Morgan fingerprint density at radius 1 is 1.29 bits per heavy atom. The first-order chi connectivity index (χ1) is 11.4. The van der Waals surface area contributed by atoms with Crippen molar-refractivity contribution < 1.29 is 14.7 Å². The topological polar surface area (TPSA) is 70.5 Å². The standard InChI is InChI=1S/C18H22N2O3S/c1-4-13-5-7-14(8-6-13)17-19-15(11-24-17)9-16(21)20(3)10-12(2)18(22)23/h5-8,11-12H,4,9-10H2,1-3H3,(H,22,23). The maximum atomic E-state index is 12.2. The molecule has 0 radical (unpaired) electrons. The van der Waals surface area contributed by atoms with Crippen LogP contribution >= 0.6 is 11.3 Å². The second-order valence-electron chi connectivity index (χ2n) is 5.88. The quantitative estimate of drug-likeness (QED) is 0.836. The number of thiazole rings is 1. The van der Waals surface area contributed by atoms with Crippen LogP contribution in [0.15, 0.2) is 29.6 Å². The number of aryl methyl sites for hydroxylation is 1. The molecule has 0 bridgehead atoms. The minimum atomic E-state index is -0.902. The van der Waals surface area contributed by atoms with Gasteiger partial charge in [0.05, 0.1) is 18.0 Å². The normalized spacial score (nSPS) is 12.0. The van der Waals surface area contributed by atoms with Crippen LogP contribution in [-0.2, 0) is 22.4 Å². The van der Waals surface area contributed by atoms with Crippen molar-refractivity contribution >= 4 is 23.2 Å². The van der Waals surface area contributed by atoms with E-state index in [1.165, 1.54) is 21.8 Å². The van der Waals surface area contributed by atoms with Crippen LogP contribution < -0.4 is 0 Å². The van der Waals surface area contributed by atoms with E-state index in [0.717, 1.165) is 22.7 Å². The molecule has 1 atom stereocenters. The van der Waals surface area contributed by atoms with Gasteiger partial charge in [0.1, 0.15) is 5.01 Å². The van der Waals surface area contributed by atoms with E-state index in [1.54, 1.807) is 14.0 Å². The van der Waals surface area contributed by atoms with Gasteiger partial charge in [-0.1, -0.05) is 38.1 Å². The highest BCUT2D eigenvalue weighted by molar-refractivity contribution is 7.13. The lowest BCUT2D eigenvalue weighted by molar-refractivity contribution is -0.142. The zero-order valence-electron chi connectivity index (χ0n) is 14.2. The van der Waals surface area contributed by atoms with E-state index in [4.69, 9.17) is 5.11 Å². The van der Waals surface area contributed by atoms with E-state index >= 15 is 0 Å². The highest BCUT2D eigenvalue weighted by Gasteiger charge is 2.18. The zero-order valence-corrected chi connectivity index (χ0v) is 15.0. The van der Waals surface area contributed by atoms with Gasteiger partial charge in [0.2, 0.25) is 5.91 Å². The molecule has 0 saturated carbocycles. The summed E-state index contributed by atoms with van der Waals surface area (Å²) in [5, 5.41) is 11.7. The summed E-state index contributed by atoms with van der Waals surface area (Å²) in [7, 11) is 1.62. The monoisotopic (exact) mass is 346 g/mol. The van der Waals surface area contributed by atoms with E-state index in [9.17, 15) is 9.59 Å². The maximum absolute atomic E-state index is 12.2. The highest BCUT2D eigenvalue weighted by atomic mass is 32.1. The van der Waals surface area contributed by atoms with Gasteiger partial charge in [-0.25, -0.2) is 4.98 Å². The smallest absolute Gasteiger partial charge is 0.308 e. The van der Waals surface area contributed by atoms with Gasteiger partial charge in [-0.15, -0.1) is 11.3 Å². The summed E-state index contributed by atoms with van der Waals surface area (Å²) in [4.78, 5) is 29.0. The molecular weight excluding hydrogens is 324 g/mol. The summed E-state index contributed by atoms with van der Waals surface area (Å²) in [5.74, 6) is -1.61. The number of carbonyl (C=O) groups excluding carboxylic acids is 1. The molecule has 2 rings (SSSR count). The molecule has 5 nitrogen and oxygen atoms in total. The average Bonchev–Trinajstić information content (AvgIpc) is 3.03. The first-order valence-corrected chi connectivity index (χ1v) is 8.79. The molecule has 1 amide bonds. The predicted molar refractivity (Wildman–Crippen MR) is 95.1 cm³/mol. The van der Waals surface area contributed by atoms with Gasteiger partial charge in [-0.3, -0.25) is 9.59 Å². The Hall–Kier alpha value is -2.21. The van der Waals surface area contributed by atoms with Gasteiger partial charge >= 0.3 is 5.97 Å². The van der Waals surface area contributed by atoms with Gasteiger partial charge < -0.3 is 10.0 Å². The number of hydrogen-bond acceptors (Lipinski definition) is 4. The molecule has 0 aliphatic heterocycles. The first-order valence-electron chi connectivity index (χ1n) is 7.91. The van der Waals surface area contributed by atoms with E-state index in [1.807, 2.05) is 17.5 Å². The van der Waals surface area contributed by atoms with Crippen molar-refractivity contribution in [1.29, 1.82) is 0 Å². The third-order valence-corrected chi connectivity index (χ3v) is 4.83. The summed E-state index contributed by atoms with van der Waals surface area (Å²) < 4.78 is 0. The Balaban J connectivity index is 1.99. The summed E-state index contributed by atoms with van der Waals surface area (Å²) in [6.45, 7) is 3.90. The van der Waals surface area contributed by atoms with Gasteiger partial charge in [0.25, 0.3) is 0 Å². The number of hydrogen-bond donors (Lipinski definition) is 1. The summed E-state index contributed by atoms with van der Waals surface area (Å²) in [6, 6.07) is 8.26. The van der Waals surface area contributed by atoms with Crippen LogP contribution in [0.2, 0.25) is 0 Å². The van der Waals surface area contributed by atoms with Crippen LogP contribution in [0.3, 0.4) is 0 Å². The van der Waals surface area contributed by atoms with Crippen molar-refractivity contribution in [2.45, 2.75) is 26.7 Å². The Labute approximate surface area is 146 Å². The van der Waals surface area contributed by atoms with Crippen LogP contribution in [0.5, 0.6) is 0 Å². The minimum Gasteiger partial charge on any atom is -0.481 e. The molecule has 128 valence electrons. The van der Waals surface area contributed by atoms with Crippen LogP contribution in [0, 0.1) is 5.92 Å². The molecule has 1 heterocycles. The van der Waals surface area contributed by atoms with Gasteiger partial charge in [0, 0.05) is 24.5 Å². The highest BCUT2D eigenvalue weighted by Crippen LogP contribution is 2.24. The SMILES string of the molecule is CCc1ccc(-c2nc(CC(=O)N(C)CC(C)C(=O)O)cs2)cc1. The molecule has 6 heteroatoms. The van der Waals surface area contributed by atoms with Crippen LogP contribution in [0.4, 0.5) is 0 Å². The third kappa shape index (κ3) is 4.64. The molecule has 1 aromatic carbocycles. The number of amides is 1. The fraction of sp³-hybridized carbons (Fsp3) is 0.389. The molecule has 0 saturated heterocycles. The molecule has 1 aromatic heterocycles. The largest absolute Gasteiger partial charge is 0.481 e. The summed E-state index contributed by atoms with van der Waals surface area (Å²) >= 11 is 1.51. The second kappa shape index (κ2) is 8.06. The lowest BCUT2D eigenvalue weighted by Gasteiger charge is -2.18. The molecule has 1 unspecified atom stereocenters. The van der Waals surface area contributed by atoms with Crippen molar-refractivity contribution in [3.8, 4) is 10.6 Å². The first kappa shape index (κ1) is 18.1.